The lowest BCUT2D eigenvalue weighted by molar-refractivity contribution is 0.556. The highest BCUT2D eigenvalue weighted by atomic mass is 16.1. The quantitative estimate of drug-likeness (QED) is 0.630. The Morgan fingerprint density at radius 3 is 2.38 bits per heavy atom. The van der Waals surface area contributed by atoms with Gasteiger partial charge in [0.05, 0.1) is 6.04 Å². The summed E-state index contributed by atoms with van der Waals surface area (Å²) in [5, 5.41) is 8.16. The van der Waals surface area contributed by atoms with E-state index in [1.165, 1.54) is 0 Å². The molecule has 0 bridgehead atoms. The number of benzene rings is 2. The van der Waals surface area contributed by atoms with E-state index in [2.05, 4.69) is 20.3 Å². The monoisotopic (exact) mass is 317 g/mol. The average molecular weight is 317 g/mol. The fourth-order valence-corrected chi connectivity index (χ4v) is 2.71. The van der Waals surface area contributed by atoms with Crippen molar-refractivity contribution >= 4 is 11.2 Å². The molecule has 24 heavy (non-hydrogen) atoms. The third-order valence-electron chi connectivity index (χ3n) is 4.03. The fourth-order valence-electron chi connectivity index (χ4n) is 2.71. The summed E-state index contributed by atoms with van der Waals surface area (Å²) in [4.78, 5) is 19.7. The maximum Gasteiger partial charge on any atom is 0.281 e. The number of aromatic amines is 1. The van der Waals surface area contributed by atoms with Gasteiger partial charge in [-0.15, -0.1) is 5.10 Å². The molecule has 6 nitrogen and oxygen atoms in total. The van der Waals surface area contributed by atoms with E-state index in [-0.39, 0.29) is 17.1 Å². The lowest BCUT2D eigenvalue weighted by atomic mass is 10.1. The zero-order valence-corrected chi connectivity index (χ0v) is 13.0. The summed E-state index contributed by atoms with van der Waals surface area (Å²) >= 11 is 0. The maximum atomic E-state index is 12.3. The Hall–Kier alpha value is -3.28. The number of H-pyrrole nitrogens is 1. The number of hydrogen-bond donors (Lipinski definition) is 1. The molecule has 2 aromatic heterocycles. The molecule has 0 aliphatic carbocycles. The lowest BCUT2D eigenvalue weighted by Gasteiger charge is -2.12. The molecule has 4 aromatic rings. The Balaban J connectivity index is 1.89. The summed E-state index contributed by atoms with van der Waals surface area (Å²) < 4.78 is 1.69. The second kappa shape index (κ2) is 5.73. The molecule has 1 unspecified atom stereocenters. The molecule has 4 rings (SSSR count). The molecule has 2 aromatic carbocycles. The zero-order valence-electron chi connectivity index (χ0n) is 13.0. The van der Waals surface area contributed by atoms with Gasteiger partial charge in [0.15, 0.2) is 11.2 Å². The minimum absolute atomic E-state index is 0.0749. The lowest BCUT2D eigenvalue weighted by Crippen LogP contribution is -2.13. The first-order valence-electron chi connectivity index (χ1n) is 7.69. The third kappa shape index (κ3) is 2.38. The van der Waals surface area contributed by atoms with E-state index in [0.29, 0.717) is 11.5 Å². The summed E-state index contributed by atoms with van der Waals surface area (Å²) in [7, 11) is 0. The first-order chi connectivity index (χ1) is 11.7. The van der Waals surface area contributed by atoms with Crippen molar-refractivity contribution < 1.29 is 0 Å². The molecule has 0 amide bonds. The predicted molar refractivity (Wildman–Crippen MR) is 91.6 cm³/mol. The fraction of sp³-hybridized carbons (Fsp3) is 0.111. The van der Waals surface area contributed by atoms with Crippen molar-refractivity contribution in [2.45, 2.75) is 13.0 Å². The van der Waals surface area contributed by atoms with Crippen molar-refractivity contribution in [1.82, 2.24) is 25.0 Å². The molecule has 1 N–H and O–H groups in total. The zero-order chi connectivity index (χ0) is 16.5. The van der Waals surface area contributed by atoms with Crippen LogP contribution < -0.4 is 5.56 Å². The van der Waals surface area contributed by atoms with Gasteiger partial charge in [-0.25, -0.2) is 9.67 Å². The van der Waals surface area contributed by atoms with Crippen LogP contribution in [-0.2, 0) is 0 Å². The second-order valence-corrected chi connectivity index (χ2v) is 5.57. The van der Waals surface area contributed by atoms with Crippen LogP contribution in [0.5, 0.6) is 0 Å². The Morgan fingerprint density at radius 1 is 1.00 bits per heavy atom. The van der Waals surface area contributed by atoms with Crippen LogP contribution in [0.2, 0.25) is 0 Å². The largest absolute Gasteiger partial charge is 0.304 e. The van der Waals surface area contributed by atoms with Gasteiger partial charge in [-0.3, -0.25) is 4.79 Å². The summed E-state index contributed by atoms with van der Waals surface area (Å²) in [5.41, 5.74) is 2.36. The van der Waals surface area contributed by atoms with E-state index in [1.54, 1.807) is 4.68 Å². The van der Waals surface area contributed by atoms with Crippen LogP contribution >= 0.6 is 0 Å². The topological polar surface area (TPSA) is 76.5 Å². The van der Waals surface area contributed by atoms with Crippen LogP contribution in [0.1, 0.15) is 18.5 Å². The molecule has 118 valence electrons. The Bertz CT molecular complexity index is 1040. The van der Waals surface area contributed by atoms with Crippen LogP contribution in [-0.4, -0.2) is 25.0 Å². The normalized spacial score (nSPS) is 12.4. The minimum Gasteiger partial charge on any atom is -0.304 e. The van der Waals surface area contributed by atoms with Crippen LogP contribution in [0, 0.1) is 0 Å². The van der Waals surface area contributed by atoms with Crippen LogP contribution in [0.3, 0.4) is 0 Å². The molecule has 0 aliphatic heterocycles. The van der Waals surface area contributed by atoms with E-state index in [1.807, 2.05) is 67.6 Å². The molecule has 6 heteroatoms. The Morgan fingerprint density at radius 2 is 1.67 bits per heavy atom. The second-order valence-electron chi connectivity index (χ2n) is 5.57. The number of nitrogens with one attached hydrogen (secondary N) is 1. The van der Waals surface area contributed by atoms with Gasteiger partial charge in [-0.2, -0.15) is 0 Å². The maximum absolute atomic E-state index is 12.3. The van der Waals surface area contributed by atoms with Gasteiger partial charge in [0, 0.05) is 5.56 Å². The molecule has 0 saturated heterocycles. The van der Waals surface area contributed by atoms with Gasteiger partial charge >= 0.3 is 0 Å². The van der Waals surface area contributed by atoms with Crippen LogP contribution in [0.25, 0.3) is 22.6 Å². The molecule has 1 atom stereocenters. The summed E-state index contributed by atoms with van der Waals surface area (Å²) in [5.74, 6) is 0.511. The van der Waals surface area contributed by atoms with E-state index < -0.39 is 0 Å². The molecular formula is C18H15N5O. The van der Waals surface area contributed by atoms with Gasteiger partial charge in [0.1, 0.15) is 5.82 Å². The number of fused-ring (bicyclic) bond motifs is 1. The van der Waals surface area contributed by atoms with Crippen molar-refractivity contribution in [2.75, 3.05) is 0 Å². The van der Waals surface area contributed by atoms with Crippen molar-refractivity contribution in [3.8, 4) is 11.4 Å². The third-order valence-corrected chi connectivity index (χ3v) is 4.03. The van der Waals surface area contributed by atoms with E-state index in [0.717, 1.165) is 11.1 Å². The highest BCUT2D eigenvalue weighted by molar-refractivity contribution is 5.71. The highest BCUT2D eigenvalue weighted by Gasteiger charge is 2.17. The van der Waals surface area contributed by atoms with Crippen molar-refractivity contribution in [1.29, 1.82) is 0 Å². The number of aromatic nitrogens is 5. The van der Waals surface area contributed by atoms with Gasteiger partial charge in [-0.1, -0.05) is 65.9 Å². The highest BCUT2D eigenvalue weighted by Crippen LogP contribution is 2.21. The molecule has 0 fully saturated rings. The van der Waals surface area contributed by atoms with E-state index in [4.69, 9.17) is 0 Å². The molecule has 0 aliphatic rings. The van der Waals surface area contributed by atoms with Gasteiger partial charge in [0.2, 0.25) is 0 Å². The molecule has 2 heterocycles. The van der Waals surface area contributed by atoms with Crippen molar-refractivity contribution in [2.24, 2.45) is 0 Å². The summed E-state index contributed by atoms with van der Waals surface area (Å²) in [6.07, 6.45) is 0. The number of hydrogen-bond acceptors (Lipinski definition) is 4. The molecule has 0 radical (unpaired) electrons. The van der Waals surface area contributed by atoms with Gasteiger partial charge < -0.3 is 4.98 Å². The minimum atomic E-state index is -0.287. The van der Waals surface area contributed by atoms with Crippen LogP contribution in [0.15, 0.2) is 65.5 Å². The first-order valence-corrected chi connectivity index (χ1v) is 7.69. The van der Waals surface area contributed by atoms with Gasteiger partial charge in [-0.05, 0) is 12.5 Å². The summed E-state index contributed by atoms with van der Waals surface area (Å²) in [6.45, 7) is 2.01. The first kappa shape index (κ1) is 14.3. The van der Waals surface area contributed by atoms with Crippen molar-refractivity contribution in [3.05, 3.63) is 76.6 Å². The molecule has 0 spiro atoms. The van der Waals surface area contributed by atoms with Gasteiger partial charge in [0.25, 0.3) is 5.56 Å². The smallest absolute Gasteiger partial charge is 0.281 e. The molecular weight excluding hydrogens is 302 g/mol. The summed E-state index contributed by atoms with van der Waals surface area (Å²) in [6, 6.07) is 19.4. The standard InChI is InChI=1S/C18H15N5O/c1-12(13-8-4-2-5-9-13)23-17-15(21-22-23)18(24)20-16(19-17)14-10-6-3-7-11-14/h2-12H,1H3,(H,19,20,24). The van der Waals surface area contributed by atoms with Crippen LogP contribution in [0.4, 0.5) is 0 Å². The Kier molecular flexibility index (Phi) is 3.42. The SMILES string of the molecule is CC(c1ccccc1)n1nnc2c(=O)[nH]c(-c3ccccc3)nc21. The number of nitrogens with zero attached hydrogens (tertiary/aromatic N) is 4. The number of rotatable bonds is 3. The van der Waals surface area contributed by atoms with Crippen molar-refractivity contribution in [3.63, 3.8) is 0 Å². The van der Waals surface area contributed by atoms with E-state index >= 15 is 0 Å². The average Bonchev–Trinajstić information content (AvgIpc) is 3.07. The molecule has 0 saturated carbocycles. The Labute approximate surface area is 137 Å². The van der Waals surface area contributed by atoms with E-state index in [9.17, 15) is 4.79 Å². The predicted octanol–water partition coefficient (Wildman–Crippen LogP) is 2.79.